The number of ether oxygens (including phenoxy) is 1. The maximum absolute atomic E-state index is 13.9. The first kappa shape index (κ1) is 31.4. The Labute approximate surface area is 263 Å². The van der Waals surface area contributed by atoms with Crippen molar-refractivity contribution in [3.05, 3.63) is 104 Å². The number of nitrogens with one attached hydrogen (secondary N) is 2. The van der Waals surface area contributed by atoms with Crippen LogP contribution in [0.4, 0.5) is 37.7 Å². The number of fused-ring (bicyclic) bond motifs is 2. The summed E-state index contributed by atoms with van der Waals surface area (Å²) in [5.74, 6) is -4.38. The van der Waals surface area contributed by atoms with Gasteiger partial charge >= 0.3 is 17.2 Å². The summed E-state index contributed by atoms with van der Waals surface area (Å²) < 4.78 is 85.4. The number of anilines is 2. The molecule has 2 aliphatic heterocycles. The SMILES string of the molecule is O=C(COc1ccccc1[C@H]1c2sc(=O)[nH]c2SC2C(=O)N(c3cccc(C(F)(F)F)c3)C(=O)C21)Nc1cccc(C(F)(F)F)c1. The number of amides is 3. The van der Waals surface area contributed by atoms with Gasteiger partial charge in [0.1, 0.15) is 11.0 Å². The van der Waals surface area contributed by atoms with E-state index in [1.807, 2.05) is 0 Å². The van der Waals surface area contributed by atoms with Crippen LogP contribution in [-0.4, -0.2) is 34.6 Å². The second kappa shape index (κ2) is 11.7. The minimum atomic E-state index is -4.72. The third kappa shape index (κ3) is 5.89. The van der Waals surface area contributed by atoms with Crippen LogP contribution in [0.15, 0.2) is 82.6 Å². The fourth-order valence-corrected chi connectivity index (χ4v) is 7.92. The van der Waals surface area contributed by atoms with Crippen molar-refractivity contribution in [2.75, 3.05) is 16.8 Å². The molecular formula is C30H19F6N3O5S2. The highest BCUT2D eigenvalue weighted by Crippen LogP contribution is 2.54. The molecule has 1 aromatic heterocycles. The summed E-state index contributed by atoms with van der Waals surface area (Å²) in [6, 6.07) is 14.1. The van der Waals surface area contributed by atoms with Crippen LogP contribution in [0.5, 0.6) is 5.75 Å². The number of imide groups is 1. The number of hydrogen-bond donors (Lipinski definition) is 2. The van der Waals surface area contributed by atoms with Gasteiger partial charge in [-0.2, -0.15) is 26.3 Å². The average molecular weight is 680 g/mol. The first-order valence-electron chi connectivity index (χ1n) is 13.4. The van der Waals surface area contributed by atoms with Crippen LogP contribution in [0, 0.1) is 5.92 Å². The van der Waals surface area contributed by atoms with Crippen LogP contribution in [0.3, 0.4) is 0 Å². The molecular weight excluding hydrogens is 660 g/mol. The molecule has 3 atom stereocenters. The number of rotatable bonds is 6. The standard InChI is InChI=1S/C30H19F6N3O5S2/c31-29(32,33)14-5-3-7-16(11-14)37-20(40)13-44-19-10-2-1-9-18(19)21-22-24(45-25-23(21)46-28(43)38-25)27(42)39(26(22)41)17-8-4-6-15(12-17)30(34,35)36/h1-12,21-22,24H,13H2,(H,37,40)(H,38,43)/t21-,22?,24?/m1/s1. The average Bonchev–Trinajstić information content (AvgIpc) is 3.49. The number of aromatic nitrogens is 1. The van der Waals surface area contributed by atoms with Gasteiger partial charge in [-0.1, -0.05) is 53.4 Å². The lowest BCUT2D eigenvalue weighted by Gasteiger charge is -2.30. The molecule has 3 heterocycles. The van der Waals surface area contributed by atoms with Crippen molar-refractivity contribution < 1.29 is 45.5 Å². The van der Waals surface area contributed by atoms with Gasteiger partial charge in [-0.25, -0.2) is 4.90 Å². The Bertz CT molecular complexity index is 1920. The molecule has 0 bridgehead atoms. The maximum atomic E-state index is 13.9. The van der Waals surface area contributed by atoms with Crippen LogP contribution in [-0.2, 0) is 26.7 Å². The van der Waals surface area contributed by atoms with Crippen molar-refractivity contribution in [2.45, 2.75) is 28.5 Å². The summed E-state index contributed by atoms with van der Waals surface area (Å²) in [7, 11) is 0. The maximum Gasteiger partial charge on any atom is 0.416 e. The number of halogens is 6. The van der Waals surface area contributed by atoms with Crippen molar-refractivity contribution in [2.24, 2.45) is 5.92 Å². The normalized spacial score (nSPS) is 19.5. The van der Waals surface area contributed by atoms with Gasteiger partial charge in [-0.3, -0.25) is 19.2 Å². The molecule has 2 N–H and O–H groups in total. The first-order chi connectivity index (χ1) is 21.7. The van der Waals surface area contributed by atoms with E-state index in [0.717, 1.165) is 53.4 Å². The number of hydrogen-bond acceptors (Lipinski definition) is 7. The fraction of sp³-hybridized carbons (Fsp3) is 0.200. The number of carbonyl (C=O) groups excluding carboxylic acids is 3. The summed E-state index contributed by atoms with van der Waals surface area (Å²) in [4.78, 5) is 55.9. The smallest absolute Gasteiger partial charge is 0.416 e. The molecule has 6 rings (SSSR count). The Balaban J connectivity index is 1.31. The Morgan fingerprint density at radius 1 is 0.870 bits per heavy atom. The summed E-state index contributed by atoms with van der Waals surface area (Å²) in [5, 5.41) is 1.54. The highest BCUT2D eigenvalue weighted by Gasteiger charge is 2.57. The molecule has 3 amide bonds. The molecule has 1 saturated heterocycles. The second-order valence-corrected chi connectivity index (χ2v) is 12.4. The van der Waals surface area contributed by atoms with Crippen LogP contribution >= 0.6 is 23.1 Å². The van der Waals surface area contributed by atoms with E-state index in [1.165, 1.54) is 18.2 Å². The van der Waals surface area contributed by atoms with Gasteiger partial charge in [-0.05, 0) is 42.5 Å². The summed E-state index contributed by atoms with van der Waals surface area (Å²) in [6.45, 7) is -0.651. The van der Waals surface area contributed by atoms with Crippen molar-refractivity contribution in [1.29, 1.82) is 0 Å². The number of thiazole rings is 1. The van der Waals surface area contributed by atoms with E-state index in [0.29, 0.717) is 26.4 Å². The molecule has 1 fully saturated rings. The predicted octanol–water partition coefficient (Wildman–Crippen LogP) is 6.29. The van der Waals surface area contributed by atoms with E-state index in [4.69, 9.17) is 4.74 Å². The number of H-pyrrole nitrogens is 1. The van der Waals surface area contributed by atoms with Gasteiger partial charge in [0.25, 0.3) is 5.91 Å². The lowest BCUT2D eigenvalue weighted by Crippen LogP contribution is -2.32. The summed E-state index contributed by atoms with van der Waals surface area (Å²) >= 11 is 1.73. The third-order valence-electron chi connectivity index (χ3n) is 7.34. The Kier molecular flexibility index (Phi) is 7.96. The molecule has 8 nitrogen and oxygen atoms in total. The highest BCUT2D eigenvalue weighted by atomic mass is 32.2. The zero-order valence-electron chi connectivity index (χ0n) is 22.9. The van der Waals surface area contributed by atoms with E-state index in [9.17, 15) is 45.5 Å². The monoisotopic (exact) mass is 679 g/mol. The largest absolute Gasteiger partial charge is 0.483 e. The van der Waals surface area contributed by atoms with E-state index >= 15 is 0 Å². The number of carbonyl (C=O) groups is 3. The van der Waals surface area contributed by atoms with Gasteiger partial charge in [-0.15, -0.1) is 0 Å². The molecule has 238 valence electrons. The van der Waals surface area contributed by atoms with Crippen LogP contribution < -0.4 is 19.8 Å². The number of alkyl halides is 6. The Morgan fingerprint density at radius 2 is 1.54 bits per heavy atom. The van der Waals surface area contributed by atoms with E-state index in [-0.39, 0.29) is 17.1 Å². The number of benzene rings is 3. The number of para-hydroxylation sites is 1. The molecule has 46 heavy (non-hydrogen) atoms. The van der Waals surface area contributed by atoms with Crippen LogP contribution in [0.25, 0.3) is 0 Å². The molecule has 0 spiro atoms. The highest BCUT2D eigenvalue weighted by molar-refractivity contribution is 8.00. The lowest BCUT2D eigenvalue weighted by atomic mass is 9.82. The summed E-state index contributed by atoms with van der Waals surface area (Å²) in [6.07, 6.45) is -9.34. The predicted molar refractivity (Wildman–Crippen MR) is 156 cm³/mol. The lowest BCUT2D eigenvalue weighted by molar-refractivity contribution is -0.138. The number of nitrogens with zero attached hydrogens (tertiary/aromatic N) is 1. The molecule has 2 unspecified atom stereocenters. The van der Waals surface area contributed by atoms with E-state index < -0.39 is 69.8 Å². The van der Waals surface area contributed by atoms with Gasteiger partial charge in [0.15, 0.2) is 6.61 Å². The molecule has 2 aliphatic rings. The van der Waals surface area contributed by atoms with E-state index in [1.54, 1.807) is 18.2 Å². The van der Waals surface area contributed by atoms with Gasteiger partial charge in [0, 0.05) is 22.0 Å². The van der Waals surface area contributed by atoms with Gasteiger partial charge < -0.3 is 15.0 Å². The van der Waals surface area contributed by atoms with Gasteiger partial charge in [0.05, 0.1) is 27.8 Å². The van der Waals surface area contributed by atoms with Crippen molar-refractivity contribution in [3.63, 3.8) is 0 Å². The van der Waals surface area contributed by atoms with Crippen molar-refractivity contribution >= 4 is 52.2 Å². The summed E-state index contributed by atoms with van der Waals surface area (Å²) in [5.41, 5.74) is -2.07. The van der Waals surface area contributed by atoms with Crippen molar-refractivity contribution in [1.82, 2.24) is 4.98 Å². The zero-order chi connectivity index (χ0) is 33.0. The Morgan fingerprint density at radius 3 is 2.26 bits per heavy atom. The molecule has 16 heteroatoms. The second-order valence-electron chi connectivity index (χ2n) is 10.3. The molecule has 0 saturated carbocycles. The van der Waals surface area contributed by atoms with Gasteiger partial charge in [0.2, 0.25) is 11.8 Å². The molecule has 0 aliphatic carbocycles. The third-order valence-corrected chi connectivity index (χ3v) is 9.74. The molecule has 4 aromatic rings. The molecule has 0 radical (unpaired) electrons. The van der Waals surface area contributed by atoms with E-state index in [2.05, 4.69) is 10.3 Å². The number of thioether (sulfide) groups is 1. The van der Waals surface area contributed by atoms with Crippen LogP contribution in [0.1, 0.15) is 27.5 Å². The minimum absolute atomic E-state index is 0.0851. The van der Waals surface area contributed by atoms with Crippen molar-refractivity contribution in [3.8, 4) is 5.75 Å². The Hall–Kier alpha value is -4.57. The number of aromatic amines is 1. The quantitative estimate of drug-likeness (QED) is 0.183. The fourth-order valence-electron chi connectivity index (χ4n) is 5.41. The topological polar surface area (TPSA) is 109 Å². The van der Waals surface area contributed by atoms with Crippen LogP contribution in [0.2, 0.25) is 0 Å². The first-order valence-corrected chi connectivity index (χ1v) is 15.1. The molecule has 3 aromatic carbocycles. The minimum Gasteiger partial charge on any atom is -0.483 e. The zero-order valence-corrected chi connectivity index (χ0v) is 24.6.